The standard InChI is InChI=1S/C14H14N2O4/c1-2-10(12-11(3-1)18-6-7-19-12)14-15-13(16-20-14)9-4-5-17-8-9/h1-3,9H,4-8H2/t9-/m1/s1. The van der Waals surface area contributed by atoms with Crippen molar-refractivity contribution < 1.29 is 18.7 Å². The minimum Gasteiger partial charge on any atom is -0.486 e. The molecule has 1 aromatic carbocycles. The van der Waals surface area contributed by atoms with E-state index in [0.29, 0.717) is 37.3 Å². The molecule has 1 aromatic heterocycles. The third-order valence-corrected chi connectivity index (χ3v) is 3.53. The molecule has 0 bridgehead atoms. The lowest BCUT2D eigenvalue weighted by Crippen LogP contribution is -2.15. The monoisotopic (exact) mass is 274 g/mol. The van der Waals surface area contributed by atoms with E-state index in [4.69, 9.17) is 18.7 Å². The van der Waals surface area contributed by atoms with Crippen LogP contribution in [0.15, 0.2) is 22.7 Å². The molecule has 1 atom stereocenters. The van der Waals surface area contributed by atoms with Crippen LogP contribution in [0.5, 0.6) is 11.5 Å². The second kappa shape index (κ2) is 4.79. The number of ether oxygens (including phenoxy) is 3. The first-order valence-electron chi connectivity index (χ1n) is 6.72. The van der Waals surface area contributed by atoms with Gasteiger partial charge in [-0.05, 0) is 18.6 Å². The molecule has 6 heteroatoms. The lowest BCUT2D eigenvalue weighted by atomic mass is 10.1. The summed E-state index contributed by atoms with van der Waals surface area (Å²) in [5.74, 6) is 2.79. The van der Waals surface area contributed by atoms with Gasteiger partial charge < -0.3 is 18.7 Å². The molecule has 0 amide bonds. The quantitative estimate of drug-likeness (QED) is 0.834. The van der Waals surface area contributed by atoms with Gasteiger partial charge in [-0.1, -0.05) is 11.2 Å². The Bertz CT molecular complexity index is 619. The summed E-state index contributed by atoms with van der Waals surface area (Å²) in [5.41, 5.74) is 0.778. The molecule has 2 aliphatic heterocycles. The van der Waals surface area contributed by atoms with Crippen LogP contribution in [0.1, 0.15) is 18.2 Å². The van der Waals surface area contributed by atoms with Crippen molar-refractivity contribution in [2.24, 2.45) is 0 Å². The van der Waals surface area contributed by atoms with Crippen molar-refractivity contribution in [3.05, 3.63) is 24.0 Å². The average Bonchev–Trinajstić information content (AvgIpc) is 3.17. The summed E-state index contributed by atoms with van der Waals surface area (Å²) in [6.07, 6.45) is 0.936. The molecule has 0 radical (unpaired) electrons. The third kappa shape index (κ3) is 1.92. The first-order valence-corrected chi connectivity index (χ1v) is 6.72. The number of aromatic nitrogens is 2. The Balaban J connectivity index is 1.70. The highest BCUT2D eigenvalue weighted by molar-refractivity contribution is 5.67. The van der Waals surface area contributed by atoms with E-state index in [0.717, 1.165) is 24.3 Å². The van der Waals surface area contributed by atoms with E-state index >= 15 is 0 Å². The zero-order chi connectivity index (χ0) is 13.4. The first-order chi connectivity index (χ1) is 9.92. The van der Waals surface area contributed by atoms with Crippen molar-refractivity contribution in [2.45, 2.75) is 12.3 Å². The molecule has 3 heterocycles. The van der Waals surface area contributed by atoms with Gasteiger partial charge in [-0.2, -0.15) is 4.98 Å². The molecule has 104 valence electrons. The van der Waals surface area contributed by atoms with Crippen molar-refractivity contribution in [3.8, 4) is 23.0 Å². The minimum atomic E-state index is 0.226. The van der Waals surface area contributed by atoms with Gasteiger partial charge in [0.15, 0.2) is 17.3 Å². The Kier molecular flexibility index (Phi) is 2.81. The number of hydrogen-bond acceptors (Lipinski definition) is 6. The van der Waals surface area contributed by atoms with Crippen molar-refractivity contribution in [1.82, 2.24) is 10.1 Å². The molecule has 0 spiro atoms. The molecule has 20 heavy (non-hydrogen) atoms. The van der Waals surface area contributed by atoms with Crippen LogP contribution in [0.4, 0.5) is 0 Å². The zero-order valence-corrected chi connectivity index (χ0v) is 10.9. The molecule has 6 nitrogen and oxygen atoms in total. The van der Waals surface area contributed by atoms with E-state index in [1.807, 2.05) is 18.2 Å². The van der Waals surface area contributed by atoms with E-state index < -0.39 is 0 Å². The second-order valence-corrected chi connectivity index (χ2v) is 4.85. The SMILES string of the molecule is c1cc2c(c(-c3nc([C@@H]4CCOC4)no3)c1)OCCO2. The molecular weight excluding hydrogens is 260 g/mol. The van der Waals surface area contributed by atoms with Gasteiger partial charge in [-0.25, -0.2) is 0 Å². The summed E-state index contributed by atoms with van der Waals surface area (Å²) in [6, 6.07) is 5.67. The van der Waals surface area contributed by atoms with Crippen LogP contribution >= 0.6 is 0 Å². The highest BCUT2D eigenvalue weighted by atomic mass is 16.6. The van der Waals surface area contributed by atoms with E-state index in [1.54, 1.807) is 0 Å². The fourth-order valence-corrected chi connectivity index (χ4v) is 2.49. The maximum Gasteiger partial charge on any atom is 0.261 e. The Hall–Kier alpha value is -2.08. The highest BCUT2D eigenvalue weighted by Gasteiger charge is 2.25. The maximum atomic E-state index is 5.67. The largest absolute Gasteiger partial charge is 0.486 e. The Morgan fingerprint density at radius 1 is 1.10 bits per heavy atom. The molecule has 1 fully saturated rings. The predicted molar refractivity (Wildman–Crippen MR) is 68.9 cm³/mol. The smallest absolute Gasteiger partial charge is 0.261 e. The van der Waals surface area contributed by atoms with Crippen LogP contribution in [-0.4, -0.2) is 36.6 Å². The van der Waals surface area contributed by atoms with Gasteiger partial charge in [-0.3, -0.25) is 0 Å². The van der Waals surface area contributed by atoms with Crippen LogP contribution in [0, 0.1) is 0 Å². The van der Waals surface area contributed by atoms with E-state index in [1.165, 1.54) is 0 Å². The lowest BCUT2D eigenvalue weighted by Gasteiger charge is -2.19. The molecule has 0 N–H and O–H groups in total. The lowest BCUT2D eigenvalue weighted by molar-refractivity contribution is 0.172. The Labute approximate surface area is 115 Å². The normalized spacial score (nSPS) is 21.1. The molecule has 0 unspecified atom stereocenters. The van der Waals surface area contributed by atoms with Crippen LogP contribution in [0.25, 0.3) is 11.5 Å². The molecule has 2 aromatic rings. The van der Waals surface area contributed by atoms with Crippen molar-refractivity contribution in [2.75, 3.05) is 26.4 Å². The third-order valence-electron chi connectivity index (χ3n) is 3.53. The summed E-state index contributed by atoms with van der Waals surface area (Å²) < 4.78 is 22.0. The van der Waals surface area contributed by atoms with Crippen LogP contribution in [0.3, 0.4) is 0 Å². The fourth-order valence-electron chi connectivity index (χ4n) is 2.49. The molecule has 2 aliphatic rings. The van der Waals surface area contributed by atoms with Gasteiger partial charge in [0, 0.05) is 12.5 Å². The van der Waals surface area contributed by atoms with E-state index in [-0.39, 0.29) is 5.92 Å². The Morgan fingerprint density at radius 2 is 2.05 bits per heavy atom. The number of rotatable bonds is 2. The van der Waals surface area contributed by atoms with Crippen LogP contribution in [0.2, 0.25) is 0 Å². The van der Waals surface area contributed by atoms with Gasteiger partial charge >= 0.3 is 0 Å². The van der Waals surface area contributed by atoms with Gasteiger partial charge in [0.05, 0.1) is 12.2 Å². The number of para-hydroxylation sites is 1. The van der Waals surface area contributed by atoms with Gasteiger partial charge in [-0.15, -0.1) is 0 Å². The fraction of sp³-hybridized carbons (Fsp3) is 0.429. The van der Waals surface area contributed by atoms with Crippen molar-refractivity contribution >= 4 is 0 Å². The topological polar surface area (TPSA) is 66.6 Å². The molecule has 0 aliphatic carbocycles. The molecule has 4 rings (SSSR count). The molecular formula is C14H14N2O4. The van der Waals surface area contributed by atoms with Crippen LogP contribution in [-0.2, 0) is 4.74 Å². The molecule has 0 saturated carbocycles. The van der Waals surface area contributed by atoms with Crippen LogP contribution < -0.4 is 9.47 Å². The van der Waals surface area contributed by atoms with E-state index in [2.05, 4.69) is 10.1 Å². The summed E-state index contributed by atoms with van der Waals surface area (Å²) >= 11 is 0. The summed E-state index contributed by atoms with van der Waals surface area (Å²) in [6.45, 7) is 2.50. The predicted octanol–water partition coefficient (Wildman–Crippen LogP) is 2.01. The van der Waals surface area contributed by atoms with Gasteiger partial charge in [0.1, 0.15) is 13.2 Å². The summed E-state index contributed by atoms with van der Waals surface area (Å²) in [4.78, 5) is 4.48. The van der Waals surface area contributed by atoms with Gasteiger partial charge in [0.2, 0.25) is 0 Å². The number of hydrogen-bond donors (Lipinski definition) is 0. The van der Waals surface area contributed by atoms with E-state index in [9.17, 15) is 0 Å². The number of benzene rings is 1. The number of fused-ring (bicyclic) bond motifs is 1. The number of nitrogens with zero attached hydrogens (tertiary/aromatic N) is 2. The second-order valence-electron chi connectivity index (χ2n) is 4.85. The maximum absolute atomic E-state index is 5.67. The van der Waals surface area contributed by atoms with Crippen molar-refractivity contribution in [1.29, 1.82) is 0 Å². The average molecular weight is 274 g/mol. The summed E-state index contributed by atoms with van der Waals surface area (Å²) in [7, 11) is 0. The van der Waals surface area contributed by atoms with Crippen molar-refractivity contribution in [3.63, 3.8) is 0 Å². The first kappa shape index (κ1) is 11.7. The summed E-state index contributed by atoms with van der Waals surface area (Å²) in [5, 5.41) is 4.06. The Morgan fingerprint density at radius 3 is 2.95 bits per heavy atom. The minimum absolute atomic E-state index is 0.226. The van der Waals surface area contributed by atoms with Gasteiger partial charge in [0.25, 0.3) is 5.89 Å². The zero-order valence-electron chi connectivity index (χ0n) is 10.9. The highest BCUT2D eigenvalue weighted by Crippen LogP contribution is 2.39. The molecule has 1 saturated heterocycles.